The van der Waals surface area contributed by atoms with Gasteiger partial charge in [0.15, 0.2) is 0 Å². The molecule has 0 saturated heterocycles. The fraction of sp³-hybridized carbons (Fsp3) is 0.235. The number of guanidine groups is 1. The summed E-state index contributed by atoms with van der Waals surface area (Å²) in [6.07, 6.45) is 0. The van der Waals surface area contributed by atoms with Crippen LogP contribution in [0.25, 0.3) is 0 Å². The Balaban J connectivity index is 2.33. The zero-order chi connectivity index (χ0) is 15.4. The van der Waals surface area contributed by atoms with E-state index in [4.69, 9.17) is 5.41 Å². The standard InChI is InChI=1S/C17H20IN3/c1-4-21(16-12-8-6-10-14(16)18)17(19)20(3)15-11-7-5-9-13(15)2/h5-12,19H,4H2,1-3H3. The van der Waals surface area contributed by atoms with Crippen molar-refractivity contribution in [2.24, 2.45) is 0 Å². The van der Waals surface area contributed by atoms with Crippen molar-refractivity contribution in [1.29, 1.82) is 5.41 Å². The SMILES string of the molecule is CCN(C(=N)N(C)c1ccccc1C)c1ccccc1I. The molecule has 2 aromatic carbocycles. The summed E-state index contributed by atoms with van der Waals surface area (Å²) in [6.45, 7) is 4.90. The lowest BCUT2D eigenvalue weighted by atomic mass is 10.2. The van der Waals surface area contributed by atoms with Gasteiger partial charge in [-0.2, -0.15) is 0 Å². The number of hydrogen-bond acceptors (Lipinski definition) is 1. The molecule has 0 aliphatic heterocycles. The topological polar surface area (TPSA) is 30.3 Å². The highest BCUT2D eigenvalue weighted by molar-refractivity contribution is 14.1. The number of para-hydroxylation sites is 2. The molecule has 0 bridgehead atoms. The largest absolute Gasteiger partial charge is 0.315 e. The van der Waals surface area contributed by atoms with Gasteiger partial charge in [-0.25, -0.2) is 0 Å². The van der Waals surface area contributed by atoms with Gasteiger partial charge in [-0.05, 0) is 60.2 Å². The summed E-state index contributed by atoms with van der Waals surface area (Å²) in [6, 6.07) is 16.3. The Hall–Kier alpha value is -1.56. The van der Waals surface area contributed by atoms with Gasteiger partial charge >= 0.3 is 0 Å². The lowest BCUT2D eigenvalue weighted by Gasteiger charge is -2.31. The lowest BCUT2D eigenvalue weighted by molar-refractivity contribution is 1.000. The van der Waals surface area contributed by atoms with Crippen molar-refractivity contribution >= 4 is 39.9 Å². The zero-order valence-electron chi connectivity index (χ0n) is 12.6. The van der Waals surface area contributed by atoms with E-state index in [-0.39, 0.29) is 0 Å². The molecule has 0 aliphatic carbocycles. The summed E-state index contributed by atoms with van der Waals surface area (Å²) >= 11 is 2.32. The molecular formula is C17H20IN3. The molecule has 21 heavy (non-hydrogen) atoms. The third-order valence-corrected chi connectivity index (χ3v) is 4.42. The average molecular weight is 393 g/mol. The summed E-state index contributed by atoms with van der Waals surface area (Å²) in [5.41, 5.74) is 3.31. The van der Waals surface area contributed by atoms with Crippen LogP contribution >= 0.6 is 22.6 Å². The molecule has 0 unspecified atom stereocenters. The summed E-state index contributed by atoms with van der Waals surface area (Å²) in [4.78, 5) is 3.95. The molecule has 0 saturated carbocycles. The van der Waals surface area contributed by atoms with Crippen LogP contribution in [-0.2, 0) is 0 Å². The number of aryl methyl sites for hydroxylation is 1. The van der Waals surface area contributed by atoms with Gasteiger partial charge < -0.3 is 9.80 Å². The van der Waals surface area contributed by atoms with E-state index in [0.717, 1.165) is 21.5 Å². The molecular weight excluding hydrogens is 373 g/mol. The number of nitrogens with one attached hydrogen (secondary N) is 1. The van der Waals surface area contributed by atoms with Crippen LogP contribution in [0.3, 0.4) is 0 Å². The summed E-state index contributed by atoms with van der Waals surface area (Å²) in [5.74, 6) is 0.482. The molecule has 4 heteroatoms. The Kier molecular flexibility index (Phi) is 5.22. The Bertz CT molecular complexity index is 639. The predicted molar refractivity (Wildman–Crippen MR) is 99.5 cm³/mol. The molecule has 0 aliphatic rings. The van der Waals surface area contributed by atoms with Gasteiger partial charge in [-0.1, -0.05) is 30.3 Å². The van der Waals surface area contributed by atoms with Crippen LogP contribution in [0.1, 0.15) is 12.5 Å². The van der Waals surface area contributed by atoms with Crippen LogP contribution < -0.4 is 9.80 Å². The van der Waals surface area contributed by atoms with Gasteiger partial charge in [-0.15, -0.1) is 0 Å². The highest BCUT2D eigenvalue weighted by atomic mass is 127. The van der Waals surface area contributed by atoms with Crippen LogP contribution in [0, 0.1) is 15.9 Å². The maximum atomic E-state index is 8.57. The first-order valence-electron chi connectivity index (χ1n) is 6.96. The number of halogens is 1. The number of nitrogens with zero attached hydrogens (tertiary/aromatic N) is 2. The van der Waals surface area contributed by atoms with E-state index in [1.807, 2.05) is 47.2 Å². The van der Waals surface area contributed by atoms with Gasteiger partial charge in [0.1, 0.15) is 0 Å². The van der Waals surface area contributed by atoms with Crippen molar-refractivity contribution in [1.82, 2.24) is 0 Å². The number of hydrogen-bond donors (Lipinski definition) is 1. The van der Waals surface area contributed by atoms with Crippen LogP contribution in [0.4, 0.5) is 11.4 Å². The first-order chi connectivity index (χ1) is 10.1. The second-order valence-electron chi connectivity index (χ2n) is 4.86. The highest BCUT2D eigenvalue weighted by Gasteiger charge is 2.18. The van der Waals surface area contributed by atoms with Gasteiger partial charge in [0.2, 0.25) is 5.96 Å². The number of benzene rings is 2. The van der Waals surface area contributed by atoms with Crippen LogP contribution in [0.5, 0.6) is 0 Å². The monoisotopic (exact) mass is 393 g/mol. The molecule has 0 heterocycles. The summed E-state index contributed by atoms with van der Waals surface area (Å²) < 4.78 is 1.15. The highest BCUT2D eigenvalue weighted by Crippen LogP contribution is 2.25. The minimum Gasteiger partial charge on any atom is -0.315 e. The molecule has 110 valence electrons. The zero-order valence-corrected chi connectivity index (χ0v) is 14.8. The quantitative estimate of drug-likeness (QED) is 0.473. The molecule has 2 rings (SSSR count). The molecule has 0 aromatic heterocycles. The molecule has 0 amide bonds. The molecule has 0 fully saturated rings. The Morgan fingerprint density at radius 1 is 1.05 bits per heavy atom. The van der Waals surface area contributed by atoms with Crippen LogP contribution in [-0.4, -0.2) is 19.6 Å². The number of anilines is 2. The molecule has 3 nitrogen and oxygen atoms in total. The van der Waals surface area contributed by atoms with E-state index in [1.54, 1.807) is 0 Å². The molecule has 1 N–H and O–H groups in total. The fourth-order valence-corrected chi connectivity index (χ4v) is 3.02. The predicted octanol–water partition coefficient (Wildman–Crippen LogP) is 4.50. The fourth-order valence-electron chi connectivity index (χ4n) is 2.34. The van der Waals surface area contributed by atoms with Gasteiger partial charge in [0.25, 0.3) is 0 Å². The maximum Gasteiger partial charge on any atom is 0.202 e. The van der Waals surface area contributed by atoms with E-state index in [0.29, 0.717) is 5.96 Å². The third kappa shape index (κ3) is 3.37. The van der Waals surface area contributed by atoms with Gasteiger partial charge in [0, 0.05) is 22.8 Å². The summed E-state index contributed by atoms with van der Waals surface area (Å²) in [5, 5.41) is 8.57. The summed E-state index contributed by atoms with van der Waals surface area (Å²) in [7, 11) is 1.95. The van der Waals surface area contributed by atoms with Crippen molar-refractivity contribution < 1.29 is 0 Å². The minimum absolute atomic E-state index is 0.482. The number of rotatable bonds is 3. The normalized spacial score (nSPS) is 10.3. The van der Waals surface area contributed by atoms with E-state index in [1.165, 1.54) is 5.56 Å². The molecule has 0 atom stereocenters. The molecule has 2 aromatic rings. The van der Waals surface area contributed by atoms with Crippen molar-refractivity contribution in [2.45, 2.75) is 13.8 Å². The smallest absolute Gasteiger partial charge is 0.202 e. The molecule has 0 spiro atoms. The van der Waals surface area contributed by atoms with Crippen molar-refractivity contribution in [3.63, 3.8) is 0 Å². The average Bonchev–Trinajstić information content (AvgIpc) is 2.49. The Morgan fingerprint density at radius 2 is 1.62 bits per heavy atom. The second-order valence-corrected chi connectivity index (χ2v) is 6.03. The van der Waals surface area contributed by atoms with E-state index in [2.05, 4.69) is 54.6 Å². The van der Waals surface area contributed by atoms with Gasteiger partial charge in [-0.3, -0.25) is 5.41 Å². The first kappa shape index (κ1) is 15.8. The Morgan fingerprint density at radius 3 is 2.19 bits per heavy atom. The first-order valence-corrected chi connectivity index (χ1v) is 8.04. The van der Waals surface area contributed by atoms with E-state index in [9.17, 15) is 0 Å². The van der Waals surface area contributed by atoms with E-state index < -0.39 is 0 Å². The Labute approximate surface area is 140 Å². The van der Waals surface area contributed by atoms with Crippen molar-refractivity contribution in [3.8, 4) is 0 Å². The van der Waals surface area contributed by atoms with Gasteiger partial charge in [0.05, 0.1) is 5.69 Å². The molecule has 0 radical (unpaired) electrons. The second kappa shape index (κ2) is 6.93. The van der Waals surface area contributed by atoms with Crippen LogP contribution in [0.2, 0.25) is 0 Å². The van der Waals surface area contributed by atoms with E-state index >= 15 is 0 Å². The van der Waals surface area contributed by atoms with Crippen LogP contribution in [0.15, 0.2) is 48.5 Å². The lowest BCUT2D eigenvalue weighted by Crippen LogP contribution is -2.42. The van der Waals surface area contributed by atoms with Crippen molar-refractivity contribution in [2.75, 3.05) is 23.4 Å². The minimum atomic E-state index is 0.482. The third-order valence-electron chi connectivity index (χ3n) is 3.51. The maximum absolute atomic E-state index is 8.57. The van der Waals surface area contributed by atoms with Crippen molar-refractivity contribution in [3.05, 3.63) is 57.7 Å².